The Morgan fingerprint density at radius 2 is 1.90 bits per heavy atom. The van der Waals surface area contributed by atoms with Crippen LogP contribution in [0.2, 0.25) is 0 Å². The highest BCUT2D eigenvalue weighted by atomic mass is 15.2. The maximum Gasteiger partial charge on any atom is 0.0486 e. The lowest BCUT2D eigenvalue weighted by atomic mass is 10.1. The number of aryl methyl sites for hydroxylation is 1. The Balaban J connectivity index is 1.91. The van der Waals surface area contributed by atoms with E-state index in [1.807, 2.05) is 0 Å². The Kier molecular flexibility index (Phi) is 4.29. The Morgan fingerprint density at radius 1 is 1.14 bits per heavy atom. The first-order valence-corrected chi connectivity index (χ1v) is 7.94. The van der Waals surface area contributed by atoms with Crippen LogP contribution in [0.15, 0.2) is 24.3 Å². The second kappa shape index (κ2) is 6.18. The van der Waals surface area contributed by atoms with Crippen molar-refractivity contribution in [3.05, 3.63) is 35.5 Å². The van der Waals surface area contributed by atoms with E-state index in [-0.39, 0.29) is 0 Å². The fraction of sp³-hybridized carbons (Fsp3) is 0.529. The molecule has 0 saturated carbocycles. The summed E-state index contributed by atoms with van der Waals surface area (Å²) in [5, 5.41) is 1.32. The first-order valence-electron chi connectivity index (χ1n) is 7.94. The number of aromatic nitrogens is 1. The lowest BCUT2D eigenvalue weighted by molar-refractivity contribution is 0.146. The predicted molar refractivity (Wildman–Crippen MR) is 88.3 cm³/mol. The summed E-state index contributed by atoms with van der Waals surface area (Å²) in [5.41, 5.74) is 9.88. The largest absolute Gasteiger partial charge is 0.344 e. The molecule has 2 aromatic rings. The van der Waals surface area contributed by atoms with Gasteiger partial charge in [0.15, 0.2) is 0 Å². The highest BCUT2D eigenvalue weighted by Crippen LogP contribution is 2.24. The molecule has 1 aromatic carbocycles. The number of nitrogens with two attached hydrogens (primary N) is 1. The summed E-state index contributed by atoms with van der Waals surface area (Å²) < 4.78 is 2.44. The number of nitrogens with zero attached hydrogens (tertiary/aromatic N) is 3. The van der Waals surface area contributed by atoms with Gasteiger partial charge in [-0.2, -0.15) is 0 Å². The molecule has 1 aromatic heterocycles. The molecule has 0 bridgehead atoms. The van der Waals surface area contributed by atoms with E-state index in [9.17, 15) is 0 Å². The van der Waals surface area contributed by atoms with Gasteiger partial charge in [-0.25, -0.2) is 0 Å². The van der Waals surface area contributed by atoms with Crippen molar-refractivity contribution in [1.29, 1.82) is 0 Å². The minimum atomic E-state index is 0.610. The Hall–Kier alpha value is -1.36. The van der Waals surface area contributed by atoms with E-state index < -0.39 is 0 Å². The van der Waals surface area contributed by atoms with E-state index in [0.717, 1.165) is 26.2 Å². The summed E-state index contributed by atoms with van der Waals surface area (Å²) in [6.07, 6.45) is 0. The summed E-state index contributed by atoms with van der Waals surface area (Å²) >= 11 is 0. The topological polar surface area (TPSA) is 37.4 Å². The van der Waals surface area contributed by atoms with Gasteiger partial charge in [-0.05, 0) is 31.7 Å². The molecule has 1 aliphatic heterocycles. The molecule has 2 N–H and O–H groups in total. The van der Waals surface area contributed by atoms with Gasteiger partial charge in [-0.3, -0.25) is 4.90 Å². The number of piperazine rings is 1. The lowest BCUT2D eigenvalue weighted by Crippen LogP contribution is -2.44. The van der Waals surface area contributed by atoms with Crippen LogP contribution in [0.25, 0.3) is 10.9 Å². The summed E-state index contributed by atoms with van der Waals surface area (Å²) in [6, 6.07) is 8.82. The quantitative estimate of drug-likeness (QED) is 0.932. The van der Waals surface area contributed by atoms with Gasteiger partial charge in [-0.15, -0.1) is 0 Å². The van der Waals surface area contributed by atoms with E-state index in [2.05, 4.69) is 52.6 Å². The molecular formula is C17H26N4. The van der Waals surface area contributed by atoms with Crippen LogP contribution in [0.4, 0.5) is 0 Å². The fourth-order valence-corrected chi connectivity index (χ4v) is 3.32. The molecule has 0 aliphatic carbocycles. The third-order valence-electron chi connectivity index (χ3n) is 4.64. The van der Waals surface area contributed by atoms with Crippen molar-refractivity contribution in [3.63, 3.8) is 0 Å². The molecule has 1 saturated heterocycles. The zero-order chi connectivity index (χ0) is 14.8. The highest BCUT2D eigenvalue weighted by molar-refractivity contribution is 5.84. The smallest absolute Gasteiger partial charge is 0.0486 e. The van der Waals surface area contributed by atoms with E-state index in [4.69, 9.17) is 5.73 Å². The van der Waals surface area contributed by atoms with Crippen molar-refractivity contribution < 1.29 is 0 Å². The first-order chi connectivity index (χ1) is 10.2. The maximum atomic E-state index is 5.89. The van der Waals surface area contributed by atoms with Crippen molar-refractivity contribution >= 4 is 10.9 Å². The second-order valence-corrected chi connectivity index (χ2v) is 6.01. The average Bonchev–Trinajstić information content (AvgIpc) is 2.86. The van der Waals surface area contributed by atoms with Crippen LogP contribution in [0.5, 0.6) is 0 Å². The van der Waals surface area contributed by atoms with Crippen LogP contribution in [0.3, 0.4) is 0 Å². The molecular weight excluding hydrogens is 260 g/mol. The molecule has 0 atom stereocenters. The Morgan fingerprint density at radius 3 is 2.57 bits per heavy atom. The summed E-state index contributed by atoms with van der Waals surface area (Å²) in [4.78, 5) is 4.96. The van der Waals surface area contributed by atoms with Crippen LogP contribution in [-0.2, 0) is 19.6 Å². The highest BCUT2D eigenvalue weighted by Gasteiger charge is 2.17. The van der Waals surface area contributed by atoms with Crippen molar-refractivity contribution in [1.82, 2.24) is 14.4 Å². The van der Waals surface area contributed by atoms with Crippen molar-refractivity contribution in [2.75, 3.05) is 33.2 Å². The van der Waals surface area contributed by atoms with Gasteiger partial charge in [0.25, 0.3) is 0 Å². The molecule has 3 rings (SSSR count). The van der Waals surface area contributed by atoms with Gasteiger partial charge in [0, 0.05) is 62.4 Å². The molecule has 2 heterocycles. The molecule has 114 valence electrons. The predicted octanol–water partition coefficient (Wildman–Crippen LogP) is 1.87. The molecule has 0 spiro atoms. The summed E-state index contributed by atoms with van der Waals surface area (Å²) in [7, 11) is 2.20. The van der Waals surface area contributed by atoms with Crippen LogP contribution in [-0.4, -0.2) is 47.6 Å². The maximum absolute atomic E-state index is 5.89. The van der Waals surface area contributed by atoms with Gasteiger partial charge >= 0.3 is 0 Å². The number of hydrogen-bond donors (Lipinski definition) is 1. The minimum Gasteiger partial charge on any atom is -0.344 e. The number of fused-ring (bicyclic) bond motifs is 1. The monoisotopic (exact) mass is 286 g/mol. The van der Waals surface area contributed by atoms with Crippen molar-refractivity contribution in [3.8, 4) is 0 Å². The average molecular weight is 286 g/mol. The number of likely N-dealkylation sites (N-methyl/N-ethyl adjacent to an activating group) is 1. The van der Waals surface area contributed by atoms with E-state index in [0.29, 0.717) is 6.54 Å². The van der Waals surface area contributed by atoms with Gasteiger partial charge < -0.3 is 15.2 Å². The zero-order valence-electron chi connectivity index (χ0n) is 13.2. The van der Waals surface area contributed by atoms with Crippen molar-refractivity contribution in [2.24, 2.45) is 5.73 Å². The van der Waals surface area contributed by atoms with E-state index >= 15 is 0 Å². The van der Waals surface area contributed by atoms with Crippen LogP contribution >= 0.6 is 0 Å². The van der Waals surface area contributed by atoms with Crippen molar-refractivity contribution in [2.45, 2.75) is 26.6 Å². The summed E-state index contributed by atoms with van der Waals surface area (Å²) in [5.74, 6) is 0. The molecule has 21 heavy (non-hydrogen) atoms. The number of hydrogen-bond acceptors (Lipinski definition) is 3. The second-order valence-electron chi connectivity index (χ2n) is 6.01. The first kappa shape index (κ1) is 14.6. The Labute approximate surface area is 127 Å². The Bertz CT molecular complexity index is 609. The van der Waals surface area contributed by atoms with Gasteiger partial charge in [0.1, 0.15) is 0 Å². The van der Waals surface area contributed by atoms with Gasteiger partial charge in [-0.1, -0.05) is 12.1 Å². The normalized spacial score (nSPS) is 17.7. The molecule has 4 heteroatoms. The molecule has 0 unspecified atom stereocenters. The van der Waals surface area contributed by atoms with Crippen LogP contribution < -0.4 is 5.73 Å². The fourth-order valence-electron chi connectivity index (χ4n) is 3.32. The van der Waals surface area contributed by atoms with Gasteiger partial charge in [0.05, 0.1) is 0 Å². The summed E-state index contributed by atoms with van der Waals surface area (Å²) in [6.45, 7) is 9.54. The molecule has 4 nitrogen and oxygen atoms in total. The lowest BCUT2D eigenvalue weighted by Gasteiger charge is -2.32. The molecule has 1 aliphatic rings. The van der Waals surface area contributed by atoms with E-state index in [1.54, 1.807) is 0 Å². The van der Waals surface area contributed by atoms with Crippen LogP contribution in [0, 0.1) is 0 Å². The standard InChI is InChI=1S/C17H26N4/c1-3-21-15(13-20-9-7-19(2)8-10-20)11-16-14(12-18)5-4-6-17(16)21/h4-6,11H,3,7-10,12-13,18H2,1-2H3. The molecule has 0 radical (unpaired) electrons. The zero-order valence-corrected chi connectivity index (χ0v) is 13.2. The third kappa shape index (κ3) is 2.84. The number of rotatable bonds is 4. The van der Waals surface area contributed by atoms with E-state index in [1.165, 1.54) is 35.2 Å². The van der Waals surface area contributed by atoms with Gasteiger partial charge in [0.2, 0.25) is 0 Å². The van der Waals surface area contributed by atoms with Crippen LogP contribution in [0.1, 0.15) is 18.2 Å². The molecule has 0 amide bonds. The minimum absolute atomic E-state index is 0.610. The third-order valence-corrected chi connectivity index (χ3v) is 4.64. The number of benzene rings is 1. The SMILES string of the molecule is CCn1c(CN2CCN(C)CC2)cc2c(CN)cccc21. The molecule has 1 fully saturated rings.